The molecule has 5 rings (SSSR count). The summed E-state index contributed by atoms with van der Waals surface area (Å²) in [5, 5.41) is 0. The highest BCUT2D eigenvalue weighted by Gasteiger charge is 2.38. The molecule has 4 aliphatic heterocycles. The quantitative estimate of drug-likeness (QED) is 0.805. The van der Waals surface area contributed by atoms with Crippen molar-refractivity contribution in [3.63, 3.8) is 0 Å². The van der Waals surface area contributed by atoms with Gasteiger partial charge in [0.05, 0.1) is 13.2 Å². The number of fused-ring (bicyclic) bond motifs is 4. The van der Waals surface area contributed by atoms with E-state index in [4.69, 9.17) is 4.74 Å². The number of piperidine rings is 1. The monoisotopic (exact) mass is 358 g/mol. The fraction of sp³-hybridized carbons (Fsp3) is 0.762. The first kappa shape index (κ1) is 18.4. The highest BCUT2D eigenvalue weighted by Crippen LogP contribution is 2.31. The van der Waals surface area contributed by atoms with Crippen molar-refractivity contribution in [2.45, 2.75) is 44.8 Å². The predicted octanol–water partition coefficient (Wildman–Crippen LogP) is 2.09. The van der Waals surface area contributed by atoms with Gasteiger partial charge in [0.2, 0.25) is 0 Å². The summed E-state index contributed by atoms with van der Waals surface area (Å²) >= 11 is 0. The summed E-state index contributed by atoms with van der Waals surface area (Å²) in [7, 11) is 0. The van der Waals surface area contributed by atoms with Gasteiger partial charge in [0.25, 0.3) is 0 Å². The Hall–Kier alpha value is -1.01. The summed E-state index contributed by atoms with van der Waals surface area (Å²) in [6.07, 6.45) is 6.63. The minimum absolute atomic E-state index is 0.225. The van der Waals surface area contributed by atoms with Crippen molar-refractivity contribution < 1.29 is 4.74 Å². The molecule has 2 bridgehead atoms. The van der Waals surface area contributed by atoms with Crippen LogP contribution in [0.3, 0.4) is 0 Å². The van der Waals surface area contributed by atoms with Gasteiger partial charge in [0.15, 0.2) is 0 Å². The van der Waals surface area contributed by atoms with Gasteiger partial charge >= 0.3 is 0 Å². The molecule has 5 heteroatoms. The Kier molecular flexibility index (Phi) is 5.60. The Balaban J connectivity index is 1.40. The molecule has 0 radical (unpaired) electrons. The second-order valence-electron chi connectivity index (χ2n) is 8.99. The van der Waals surface area contributed by atoms with Gasteiger partial charge in [-0.05, 0) is 44.2 Å². The van der Waals surface area contributed by atoms with Crippen molar-refractivity contribution in [1.29, 1.82) is 0 Å². The van der Waals surface area contributed by atoms with Crippen LogP contribution in [0.4, 0.5) is 0 Å². The highest BCUT2D eigenvalue weighted by atomic mass is 16.5. The van der Waals surface area contributed by atoms with Crippen LogP contribution in [0.1, 0.15) is 32.3 Å². The van der Waals surface area contributed by atoms with Crippen molar-refractivity contribution >= 4 is 0 Å². The van der Waals surface area contributed by atoms with E-state index in [1.807, 2.05) is 12.4 Å². The molecule has 0 amide bonds. The minimum atomic E-state index is 0.225. The number of morpholine rings is 1. The van der Waals surface area contributed by atoms with Crippen molar-refractivity contribution in [2.75, 3.05) is 52.5 Å². The van der Waals surface area contributed by atoms with Gasteiger partial charge in [-0.15, -0.1) is 0 Å². The molecular formula is C21H34N4O. The number of rotatable bonds is 5. The summed E-state index contributed by atoms with van der Waals surface area (Å²) < 4.78 is 5.56. The van der Waals surface area contributed by atoms with Crippen LogP contribution in [0, 0.1) is 5.92 Å². The second-order valence-corrected chi connectivity index (χ2v) is 8.99. The Bertz CT molecular complexity index is 573. The number of hydrogen-bond acceptors (Lipinski definition) is 5. The third-order valence-electron chi connectivity index (χ3n) is 6.49. The lowest BCUT2D eigenvalue weighted by Crippen LogP contribution is -2.58. The van der Waals surface area contributed by atoms with Crippen LogP contribution in [0.25, 0.3) is 0 Å². The molecule has 0 aromatic carbocycles. The molecule has 0 spiro atoms. The minimum Gasteiger partial charge on any atom is -0.379 e. The van der Waals surface area contributed by atoms with Gasteiger partial charge in [-0.2, -0.15) is 0 Å². The van der Waals surface area contributed by atoms with Crippen LogP contribution >= 0.6 is 0 Å². The van der Waals surface area contributed by atoms with Crippen LogP contribution in [-0.4, -0.2) is 83.7 Å². The van der Waals surface area contributed by atoms with E-state index in [9.17, 15) is 0 Å². The largest absolute Gasteiger partial charge is 0.379 e. The van der Waals surface area contributed by atoms with E-state index in [-0.39, 0.29) is 5.54 Å². The summed E-state index contributed by atoms with van der Waals surface area (Å²) in [5.41, 5.74) is 1.57. The van der Waals surface area contributed by atoms with E-state index < -0.39 is 0 Å². The molecule has 1 aromatic rings. The number of pyridine rings is 1. The molecular weight excluding hydrogens is 324 g/mol. The standard InChI is InChI=1S/C21H34N4O/c1-21(2,25-8-10-26-11-9-25)17-24-15-19-5-6-20(24)16-23(14-19)13-18-4-3-7-22-12-18/h3-4,7,12,19-20H,5-6,8-11,13-17H2,1-2H3/t19-,20+/m0/s1. The summed E-state index contributed by atoms with van der Waals surface area (Å²) in [6, 6.07) is 4.96. The summed E-state index contributed by atoms with van der Waals surface area (Å²) in [6.45, 7) is 14.7. The normalized spacial score (nSPS) is 29.0. The molecule has 0 N–H and O–H groups in total. The second kappa shape index (κ2) is 7.93. The third kappa shape index (κ3) is 4.28. The molecule has 4 aliphatic rings. The Morgan fingerprint density at radius 3 is 2.77 bits per heavy atom. The first-order valence-corrected chi connectivity index (χ1v) is 10.3. The van der Waals surface area contributed by atoms with Gasteiger partial charge in [0.1, 0.15) is 0 Å². The maximum Gasteiger partial charge on any atom is 0.0594 e. The molecule has 4 saturated heterocycles. The first-order valence-electron chi connectivity index (χ1n) is 10.3. The SMILES string of the molecule is CC(C)(CN1C[C@H]2CC[C@@H]1CN(Cc1cccnc1)C2)N1CCOCC1. The fourth-order valence-electron chi connectivity index (χ4n) is 5.11. The topological polar surface area (TPSA) is 31.8 Å². The van der Waals surface area contributed by atoms with Crippen molar-refractivity contribution in [3.05, 3.63) is 30.1 Å². The highest BCUT2D eigenvalue weighted by molar-refractivity contribution is 5.09. The zero-order valence-corrected chi connectivity index (χ0v) is 16.4. The average Bonchev–Trinajstić information content (AvgIpc) is 2.93. The lowest BCUT2D eigenvalue weighted by molar-refractivity contribution is -0.0310. The fourth-order valence-corrected chi connectivity index (χ4v) is 5.11. The molecule has 144 valence electrons. The van der Waals surface area contributed by atoms with E-state index in [1.165, 1.54) is 44.6 Å². The van der Waals surface area contributed by atoms with Crippen LogP contribution in [0.5, 0.6) is 0 Å². The van der Waals surface area contributed by atoms with Crippen molar-refractivity contribution in [2.24, 2.45) is 5.92 Å². The summed E-state index contributed by atoms with van der Waals surface area (Å²) in [5.74, 6) is 0.811. The molecule has 1 aromatic heterocycles. The first-order chi connectivity index (χ1) is 12.6. The van der Waals surface area contributed by atoms with E-state index in [1.54, 1.807) is 0 Å². The van der Waals surface area contributed by atoms with Crippen LogP contribution < -0.4 is 0 Å². The molecule has 0 saturated carbocycles. The van der Waals surface area contributed by atoms with E-state index in [2.05, 4.69) is 45.7 Å². The summed E-state index contributed by atoms with van der Waals surface area (Å²) in [4.78, 5) is 12.4. The van der Waals surface area contributed by atoms with Crippen molar-refractivity contribution in [1.82, 2.24) is 19.7 Å². The third-order valence-corrected chi connectivity index (χ3v) is 6.49. The Labute approximate surface area is 158 Å². The molecule has 26 heavy (non-hydrogen) atoms. The van der Waals surface area contributed by atoms with E-state index in [0.29, 0.717) is 6.04 Å². The number of hydrogen-bond donors (Lipinski definition) is 0. The van der Waals surface area contributed by atoms with Gasteiger partial charge in [-0.25, -0.2) is 0 Å². The molecule has 4 fully saturated rings. The average molecular weight is 359 g/mol. The van der Waals surface area contributed by atoms with Crippen LogP contribution in [0.15, 0.2) is 24.5 Å². The number of nitrogens with zero attached hydrogens (tertiary/aromatic N) is 4. The van der Waals surface area contributed by atoms with Gasteiger partial charge < -0.3 is 4.74 Å². The van der Waals surface area contributed by atoms with Gasteiger partial charge in [-0.1, -0.05) is 6.07 Å². The molecule has 5 nitrogen and oxygen atoms in total. The van der Waals surface area contributed by atoms with E-state index >= 15 is 0 Å². The van der Waals surface area contributed by atoms with Crippen LogP contribution in [-0.2, 0) is 11.3 Å². The van der Waals surface area contributed by atoms with Gasteiger partial charge in [-0.3, -0.25) is 19.7 Å². The lowest BCUT2D eigenvalue weighted by atomic mass is 9.92. The maximum absolute atomic E-state index is 5.56. The Morgan fingerprint density at radius 1 is 1.15 bits per heavy atom. The van der Waals surface area contributed by atoms with E-state index in [0.717, 1.165) is 38.8 Å². The van der Waals surface area contributed by atoms with Gasteiger partial charge in [0, 0.05) is 69.8 Å². The molecule has 0 unspecified atom stereocenters. The smallest absolute Gasteiger partial charge is 0.0594 e. The van der Waals surface area contributed by atoms with Crippen molar-refractivity contribution in [3.8, 4) is 0 Å². The number of aromatic nitrogens is 1. The molecule has 0 aliphatic carbocycles. The Morgan fingerprint density at radius 2 is 2.00 bits per heavy atom. The lowest BCUT2D eigenvalue weighted by Gasteiger charge is -2.46. The predicted molar refractivity (Wildman–Crippen MR) is 104 cm³/mol. The van der Waals surface area contributed by atoms with Crippen LogP contribution in [0.2, 0.25) is 0 Å². The molecule has 5 heterocycles. The zero-order valence-electron chi connectivity index (χ0n) is 16.4. The maximum atomic E-state index is 5.56. The number of ether oxygens (including phenoxy) is 1. The molecule has 2 atom stereocenters. The zero-order chi connectivity index (χ0) is 18.0.